The van der Waals surface area contributed by atoms with E-state index in [1.807, 2.05) is 30.5 Å². The number of rotatable bonds is 3. The van der Waals surface area contributed by atoms with Crippen molar-refractivity contribution in [3.05, 3.63) is 40.4 Å². The van der Waals surface area contributed by atoms with Gasteiger partial charge in [0.05, 0.1) is 5.60 Å². The van der Waals surface area contributed by atoms with Crippen molar-refractivity contribution in [1.29, 1.82) is 0 Å². The molecule has 1 N–H and O–H groups in total. The second-order valence-corrected chi connectivity index (χ2v) is 6.32. The van der Waals surface area contributed by atoms with E-state index in [0.29, 0.717) is 5.92 Å². The van der Waals surface area contributed by atoms with Crippen LogP contribution in [-0.4, -0.2) is 22.7 Å². The van der Waals surface area contributed by atoms with Gasteiger partial charge in [0.2, 0.25) is 0 Å². The number of hydrogen-bond donors (Lipinski definition) is 1. The minimum absolute atomic E-state index is 0.337. The lowest BCUT2D eigenvalue weighted by atomic mass is 9.90. The molecule has 2 atom stereocenters. The zero-order valence-corrected chi connectivity index (χ0v) is 12.4. The summed E-state index contributed by atoms with van der Waals surface area (Å²) in [5.74, 6) is 1.11. The molecule has 0 amide bonds. The number of aliphatic hydroxyl groups is 1. The van der Waals surface area contributed by atoms with Crippen LogP contribution in [0, 0.1) is 5.92 Å². The number of benzene rings is 1. The summed E-state index contributed by atoms with van der Waals surface area (Å²) in [6, 6.07) is 7.77. The molecule has 0 bridgehead atoms. The average molecular weight is 283 g/mol. The van der Waals surface area contributed by atoms with E-state index in [2.05, 4.69) is 13.0 Å². The molecule has 0 aromatic heterocycles. The van der Waals surface area contributed by atoms with E-state index in [4.69, 9.17) is 11.6 Å². The Kier molecular flexibility index (Phi) is 4.41. The van der Waals surface area contributed by atoms with Gasteiger partial charge in [0.15, 0.2) is 0 Å². The van der Waals surface area contributed by atoms with Gasteiger partial charge < -0.3 is 5.11 Å². The first kappa shape index (κ1) is 14.0. The fraction of sp³-hybridized carbons (Fsp3) is 0.467. The molecule has 1 aliphatic carbocycles. The Labute approximate surface area is 118 Å². The second kappa shape index (κ2) is 5.68. The normalized spacial score (nSPS) is 30.0. The summed E-state index contributed by atoms with van der Waals surface area (Å²) in [5, 5.41) is 11.6. The van der Waals surface area contributed by atoms with E-state index >= 15 is 0 Å². The van der Waals surface area contributed by atoms with Crippen LogP contribution >= 0.6 is 23.4 Å². The highest BCUT2D eigenvalue weighted by molar-refractivity contribution is 7.98. The Morgan fingerprint density at radius 3 is 2.72 bits per heavy atom. The monoisotopic (exact) mass is 282 g/mol. The molecule has 2 rings (SSSR count). The van der Waals surface area contributed by atoms with Gasteiger partial charge >= 0.3 is 0 Å². The van der Waals surface area contributed by atoms with Crippen molar-refractivity contribution in [3.8, 4) is 0 Å². The molecule has 0 saturated heterocycles. The van der Waals surface area contributed by atoms with E-state index in [1.165, 1.54) is 0 Å². The van der Waals surface area contributed by atoms with Gasteiger partial charge in [0.1, 0.15) is 0 Å². The molecule has 18 heavy (non-hydrogen) atoms. The van der Waals surface area contributed by atoms with Crippen molar-refractivity contribution in [2.24, 2.45) is 5.92 Å². The Morgan fingerprint density at radius 2 is 2.11 bits per heavy atom. The van der Waals surface area contributed by atoms with Crippen LogP contribution in [0.1, 0.15) is 25.3 Å². The quantitative estimate of drug-likeness (QED) is 0.894. The zero-order valence-electron chi connectivity index (χ0n) is 10.8. The maximum atomic E-state index is 10.8. The Bertz CT molecular complexity index is 440. The summed E-state index contributed by atoms with van der Waals surface area (Å²) in [5.41, 5.74) is 1.63. The molecule has 0 aliphatic heterocycles. The van der Waals surface area contributed by atoms with E-state index in [1.54, 1.807) is 11.8 Å². The molecule has 1 aromatic rings. The molecule has 1 fully saturated rings. The number of hydrogen-bond acceptors (Lipinski definition) is 2. The van der Waals surface area contributed by atoms with E-state index in [9.17, 15) is 5.11 Å². The third-order valence-electron chi connectivity index (χ3n) is 3.79. The SMILES string of the molecule is CSCC1(O)C(=Cc2ccc(Cl)cc2)CCC1C. The number of halogens is 1. The zero-order chi connectivity index (χ0) is 13.2. The molecule has 0 spiro atoms. The molecule has 1 aromatic carbocycles. The first-order valence-electron chi connectivity index (χ1n) is 6.24. The molecule has 3 heteroatoms. The molecular weight excluding hydrogens is 264 g/mol. The highest BCUT2D eigenvalue weighted by Crippen LogP contribution is 2.42. The van der Waals surface area contributed by atoms with E-state index in [0.717, 1.165) is 34.8 Å². The predicted octanol–water partition coefficient (Wildman–Crippen LogP) is 4.25. The summed E-state index contributed by atoms with van der Waals surface area (Å²) in [6.07, 6.45) is 6.22. The molecule has 1 saturated carbocycles. The Hall–Kier alpha value is -0.440. The Morgan fingerprint density at radius 1 is 1.44 bits per heavy atom. The van der Waals surface area contributed by atoms with Crippen molar-refractivity contribution in [2.45, 2.75) is 25.4 Å². The summed E-state index contributed by atoms with van der Waals surface area (Å²) < 4.78 is 0. The third kappa shape index (κ3) is 2.76. The van der Waals surface area contributed by atoms with Crippen LogP contribution in [0.4, 0.5) is 0 Å². The fourth-order valence-corrected chi connectivity index (χ4v) is 3.59. The highest BCUT2D eigenvalue weighted by Gasteiger charge is 2.41. The summed E-state index contributed by atoms with van der Waals surface area (Å²) in [6.45, 7) is 2.14. The molecule has 98 valence electrons. The molecule has 0 heterocycles. The van der Waals surface area contributed by atoms with Gasteiger partial charge in [-0.3, -0.25) is 0 Å². The summed E-state index contributed by atoms with van der Waals surface area (Å²) in [7, 11) is 0. The third-order valence-corrected chi connectivity index (χ3v) is 4.77. The lowest BCUT2D eigenvalue weighted by molar-refractivity contribution is 0.0681. The van der Waals surface area contributed by atoms with Crippen LogP contribution in [0.5, 0.6) is 0 Å². The summed E-state index contributed by atoms with van der Waals surface area (Å²) >= 11 is 7.59. The molecule has 1 nitrogen and oxygen atoms in total. The number of thioether (sulfide) groups is 1. The Balaban J connectivity index is 2.28. The van der Waals surface area contributed by atoms with Crippen molar-refractivity contribution in [2.75, 3.05) is 12.0 Å². The van der Waals surface area contributed by atoms with Crippen molar-refractivity contribution >= 4 is 29.4 Å². The average Bonchev–Trinajstić information content (AvgIpc) is 2.61. The molecule has 1 aliphatic rings. The maximum Gasteiger partial charge on any atom is 0.0975 e. The predicted molar refractivity (Wildman–Crippen MR) is 81.2 cm³/mol. The topological polar surface area (TPSA) is 20.2 Å². The van der Waals surface area contributed by atoms with Gasteiger partial charge in [-0.25, -0.2) is 0 Å². The van der Waals surface area contributed by atoms with Crippen LogP contribution in [-0.2, 0) is 0 Å². The van der Waals surface area contributed by atoms with Gasteiger partial charge in [-0.15, -0.1) is 0 Å². The molecule has 0 radical (unpaired) electrons. The first-order chi connectivity index (χ1) is 8.56. The maximum absolute atomic E-state index is 10.8. The molecule has 2 unspecified atom stereocenters. The van der Waals surface area contributed by atoms with Gasteiger partial charge in [0.25, 0.3) is 0 Å². The van der Waals surface area contributed by atoms with Crippen molar-refractivity contribution in [1.82, 2.24) is 0 Å². The van der Waals surface area contributed by atoms with Crippen LogP contribution in [0.15, 0.2) is 29.8 Å². The second-order valence-electron chi connectivity index (χ2n) is 5.02. The van der Waals surface area contributed by atoms with E-state index in [-0.39, 0.29) is 0 Å². The van der Waals surface area contributed by atoms with Crippen LogP contribution < -0.4 is 0 Å². The summed E-state index contributed by atoms with van der Waals surface area (Å²) in [4.78, 5) is 0. The minimum Gasteiger partial charge on any atom is -0.384 e. The van der Waals surface area contributed by atoms with Crippen LogP contribution in [0.25, 0.3) is 6.08 Å². The fourth-order valence-electron chi connectivity index (χ4n) is 2.56. The lowest BCUT2D eigenvalue weighted by Crippen LogP contribution is -2.36. The van der Waals surface area contributed by atoms with Crippen molar-refractivity contribution < 1.29 is 5.11 Å². The van der Waals surface area contributed by atoms with Gasteiger partial charge in [-0.2, -0.15) is 11.8 Å². The lowest BCUT2D eigenvalue weighted by Gasteiger charge is -2.28. The van der Waals surface area contributed by atoms with Gasteiger partial charge in [-0.05, 0) is 48.3 Å². The minimum atomic E-state index is -0.640. The standard InChI is InChI=1S/C15H19ClOS/c1-11-3-6-13(15(11,17)10-18-2)9-12-4-7-14(16)8-5-12/h4-5,7-9,11,17H,3,6,10H2,1-2H3. The van der Waals surface area contributed by atoms with Gasteiger partial charge in [0, 0.05) is 10.8 Å². The smallest absolute Gasteiger partial charge is 0.0975 e. The molecular formula is C15H19ClOS. The van der Waals surface area contributed by atoms with E-state index < -0.39 is 5.60 Å². The van der Waals surface area contributed by atoms with Gasteiger partial charge in [-0.1, -0.05) is 36.7 Å². The van der Waals surface area contributed by atoms with Crippen LogP contribution in [0.3, 0.4) is 0 Å². The van der Waals surface area contributed by atoms with Crippen molar-refractivity contribution in [3.63, 3.8) is 0 Å². The highest BCUT2D eigenvalue weighted by atomic mass is 35.5. The van der Waals surface area contributed by atoms with Crippen LogP contribution in [0.2, 0.25) is 5.02 Å². The first-order valence-corrected chi connectivity index (χ1v) is 8.01. The largest absolute Gasteiger partial charge is 0.384 e.